The van der Waals surface area contributed by atoms with E-state index in [1.165, 1.54) is 0 Å². The van der Waals surface area contributed by atoms with Gasteiger partial charge in [0.05, 0.1) is 6.07 Å². The van der Waals surface area contributed by atoms with Gasteiger partial charge in [-0.3, -0.25) is 0 Å². The van der Waals surface area contributed by atoms with Crippen molar-refractivity contribution in [1.82, 2.24) is 5.32 Å². The van der Waals surface area contributed by atoms with Gasteiger partial charge in [-0.1, -0.05) is 0 Å². The van der Waals surface area contributed by atoms with Crippen molar-refractivity contribution in [3.05, 3.63) is 0 Å². The van der Waals surface area contributed by atoms with Gasteiger partial charge in [0.1, 0.15) is 0 Å². The van der Waals surface area contributed by atoms with E-state index in [9.17, 15) is 0 Å². The third-order valence-corrected chi connectivity index (χ3v) is 1.34. The molecular weight excluding hydrogens is 136 g/mol. The molecule has 0 unspecified atom stereocenters. The minimum Gasteiger partial charge on any atom is -0.316 e. The average Bonchev–Trinajstić information content (AvgIpc) is 2.03. The van der Waals surface area contributed by atoms with E-state index < -0.39 is 0 Å². The lowest BCUT2D eigenvalue weighted by Gasteiger charge is -1.98. The second kappa shape index (κ2) is 9.01. The lowest BCUT2D eigenvalue weighted by atomic mass is 10.2. The molecule has 0 rings (SSSR count). The molecule has 0 atom stereocenters. The summed E-state index contributed by atoms with van der Waals surface area (Å²) in [5, 5.41) is 11.4. The first-order valence-electron chi connectivity index (χ1n) is 3.93. The van der Waals surface area contributed by atoms with E-state index >= 15 is 0 Å². The van der Waals surface area contributed by atoms with Crippen LogP contribution >= 0.6 is 0 Å². The quantitative estimate of drug-likeness (QED) is 0.457. The fourth-order valence-electron chi connectivity index (χ4n) is 0.740. The Labute approximate surface area is 68.6 Å². The Morgan fingerprint density at radius 2 is 2.00 bits per heavy atom. The Hall–Kier alpha value is -0.990. The van der Waals surface area contributed by atoms with Crippen LogP contribution in [0.1, 0.15) is 25.7 Å². The molecule has 0 amide bonds. The molecule has 0 fully saturated rings. The summed E-state index contributed by atoms with van der Waals surface area (Å²) in [7, 11) is 0. The highest BCUT2D eigenvalue weighted by atomic mass is 14.8. The van der Waals surface area contributed by atoms with Crippen LogP contribution in [0.3, 0.4) is 0 Å². The zero-order chi connectivity index (χ0) is 8.36. The Kier molecular flexibility index (Phi) is 8.20. The van der Waals surface area contributed by atoms with E-state index in [0.717, 1.165) is 32.4 Å². The number of unbranched alkanes of at least 4 members (excludes halogenated alkanes) is 2. The van der Waals surface area contributed by atoms with Gasteiger partial charge >= 0.3 is 0 Å². The van der Waals surface area contributed by atoms with Crippen LogP contribution in [-0.2, 0) is 0 Å². The van der Waals surface area contributed by atoms with Gasteiger partial charge in [0.15, 0.2) is 0 Å². The van der Waals surface area contributed by atoms with E-state index in [1.54, 1.807) is 0 Å². The Morgan fingerprint density at radius 3 is 2.64 bits per heavy atom. The van der Waals surface area contributed by atoms with E-state index in [-0.39, 0.29) is 0 Å². The van der Waals surface area contributed by atoms with Gasteiger partial charge in [-0.2, -0.15) is 5.26 Å². The molecule has 0 aliphatic heterocycles. The van der Waals surface area contributed by atoms with E-state index in [1.807, 2.05) is 0 Å². The largest absolute Gasteiger partial charge is 0.316 e. The summed E-state index contributed by atoms with van der Waals surface area (Å²) in [6.45, 7) is 1.87. The molecule has 0 bridgehead atoms. The number of nitriles is 1. The van der Waals surface area contributed by atoms with Crippen molar-refractivity contribution in [2.24, 2.45) is 0 Å². The summed E-state index contributed by atoms with van der Waals surface area (Å²) in [6.07, 6.45) is 8.56. The molecule has 0 heterocycles. The lowest BCUT2D eigenvalue weighted by molar-refractivity contribution is 0.635. The van der Waals surface area contributed by atoms with Crippen LogP contribution < -0.4 is 5.32 Å². The van der Waals surface area contributed by atoms with Crippen LogP contribution in [0.25, 0.3) is 0 Å². The van der Waals surface area contributed by atoms with E-state index in [4.69, 9.17) is 11.7 Å². The van der Waals surface area contributed by atoms with Crippen LogP contribution in [0.2, 0.25) is 0 Å². The van der Waals surface area contributed by atoms with Gasteiger partial charge in [-0.25, -0.2) is 0 Å². The maximum atomic E-state index is 8.21. The maximum Gasteiger partial charge on any atom is 0.0621 e. The molecule has 0 aromatic carbocycles. The first-order valence-corrected chi connectivity index (χ1v) is 3.93. The highest BCUT2D eigenvalue weighted by molar-refractivity contribution is 4.83. The van der Waals surface area contributed by atoms with Crippen molar-refractivity contribution in [3.63, 3.8) is 0 Å². The highest BCUT2D eigenvalue weighted by Gasteiger charge is 1.86. The van der Waals surface area contributed by atoms with E-state index in [2.05, 4.69) is 17.3 Å². The summed E-state index contributed by atoms with van der Waals surface area (Å²) >= 11 is 0. The minimum atomic E-state index is 0.664. The highest BCUT2D eigenvalue weighted by Crippen LogP contribution is 1.90. The molecule has 2 heteroatoms. The molecule has 0 spiro atoms. The van der Waals surface area contributed by atoms with Gasteiger partial charge in [0, 0.05) is 19.4 Å². The predicted molar refractivity (Wildman–Crippen MR) is 45.8 cm³/mol. The Bertz CT molecular complexity index is 132. The minimum absolute atomic E-state index is 0.664. The average molecular weight is 150 g/mol. The van der Waals surface area contributed by atoms with Gasteiger partial charge in [0.25, 0.3) is 0 Å². The molecule has 11 heavy (non-hydrogen) atoms. The molecule has 0 aliphatic carbocycles. The van der Waals surface area contributed by atoms with Crippen molar-refractivity contribution in [2.45, 2.75) is 25.7 Å². The van der Waals surface area contributed by atoms with Crippen molar-refractivity contribution in [1.29, 1.82) is 5.26 Å². The summed E-state index contributed by atoms with van der Waals surface area (Å²) in [6, 6.07) is 2.11. The molecule has 0 saturated heterocycles. The van der Waals surface area contributed by atoms with Crippen LogP contribution in [0, 0.1) is 23.7 Å². The predicted octanol–water partition coefficient (Wildman–Crippen LogP) is 1.29. The van der Waals surface area contributed by atoms with Gasteiger partial charge in [0.2, 0.25) is 0 Å². The van der Waals surface area contributed by atoms with Gasteiger partial charge in [-0.05, 0) is 19.4 Å². The summed E-state index contributed by atoms with van der Waals surface area (Å²) in [5.41, 5.74) is 0. The third kappa shape index (κ3) is 9.01. The zero-order valence-electron chi connectivity index (χ0n) is 6.77. The third-order valence-electron chi connectivity index (χ3n) is 1.34. The Morgan fingerprint density at radius 1 is 1.18 bits per heavy atom. The molecule has 0 aromatic rings. The molecule has 1 N–H and O–H groups in total. The number of nitrogens with one attached hydrogen (secondary N) is 1. The molecule has 0 saturated carbocycles. The normalized spacial score (nSPS) is 8.55. The van der Waals surface area contributed by atoms with Crippen LogP contribution in [0.5, 0.6) is 0 Å². The van der Waals surface area contributed by atoms with Crippen molar-refractivity contribution < 1.29 is 0 Å². The summed E-state index contributed by atoms with van der Waals surface area (Å²) < 4.78 is 0. The van der Waals surface area contributed by atoms with Crippen LogP contribution in [0.15, 0.2) is 0 Å². The van der Waals surface area contributed by atoms with E-state index in [0.29, 0.717) is 6.42 Å². The molecular formula is C9H14N2. The number of nitrogens with zero attached hydrogens (tertiary/aromatic N) is 1. The number of rotatable bonds is 6. The summed E-state index contributed by atoms with van der Waals surface area (Å²) in [5.74, 6) is 2.55. The fraction of sp³-hybridized carbons (Fsp3) is 0.667. The summed E-state index contributed by atoms with van der Waals surface area (Å²) in [4.78, 5) is 0. The second-order valence-corrected chi connectivity index (χ2v) is 2.32. The zero-order valence-corrected chi connectivity index (χ0v) is 6.77. The number of hydrogen-bond acceptors (Lipinski definition) is 2. The van der Waals surface area contributed by atoms with Crippen LogP contribution in [-0.4, -0.2) is 13.1 Å². The maximum absolute atomic E-state index is 8.21. The van der Waals surface area contributed by atoms with Crippen molar-refractivity contribution in [3.8, 4) is 18.4 Å². The molecule has 2 nitrogen and oxygen atoms in total. The first-order chi connectivity index (χ1) is 5.41. The second-order valence-electron chi connectivity index (χ2n) is 2.32. The Balaban J connectivity index is 2.82. The SMILES string of the molecule is C#CCCNCCCCC#N. The van der Waals surface area contributed by atoms with Crippen molar-refractivity contribution in [2.75, 3.05) is 13.1 Å². The number of terminal acetylenes is 1. The molecule has 0 aliphatic rings. The number of hydrogen-bond donors (Lipinski definition) is 1. The topological polar surface area (TPSA) is 35.8 Å². The standard InChI is InChI=1S/C9H14N2/c1-2-3-8-11-9-6-4-5-7-10/h1,11H,3-6,8-9H2. The molecule has 0 radical (unpaired) electrons. The molecule has 0 aromatic heterocycles. The smallest absolute Gasteiger partial charge is 0.0621 e. The van der Waals surface area contributed by atoms with Crippen LogP contribution in [0.4, 0.5) is 0 Å². The fourth-order valence-corrected chi connectivity index (χ4v) is 0.740. The molecule has 60 valence electrons. The lowest BCUT2D eigenvalue weighted by Crippen LogP contribution is -2.15. The van der Waals surface area contributed by atoms with Gasteiger partial charge < -0.3 is 5.32 Å². The monoisotopic (exact) mass is 150 g/mol. The van der Waals surface area contributed by atoms with Gasteiger partial charge in [-0.15, -0.1) is 12.3 Å². The van der Waals surface area contributed by atoms with Crippen molar-refractivity contribution >= 4 is 0 Å². The first kappa shape index (κ1) is 10.0.